The zero-order valence-corrected chi connectivity index (χ0v) is 22.8. The van der Waals surface area contributed by atoms with Crippen LogP contribution in [-0.4, -0.2) is 41.2 Å². The number of carbonyl (C=O) groups excluding carboxylic acids is 1. The summed E-state index contributed by atoms with van der Waals surface area (Å²) in [5, 5.41) is 16.3. The summed E-state index contributed by atoms with van der Waals surface area (Å²) < 4.78 is 11.9. The molecule has 1 amide bonds. The molecule has 9 heteroatoms. The van der Waals surface area contributed by atoms with Crippen molar-refractivity contribution < 1.29 is 23.8 Å². The summed E-state index contributed by atoms with van der Waals surface area (Å²) in [6.45, 7) is 3.05. The van der Waals surface area contributed by atoms with Crippen LogP contribution in [0.5, 0.6) is 5.75 Å². The van der Waals surface area contributed by atoms with Gasteiger partial charge in [-0.15, -0.1) is 0 Å². The van der Waals surface area contributed by atoms with Crippen LogP contribution in [-0.2, 0) is 17.8 Å². The Balaban J connectivity index is 1.32. The molecule has 2 atom stereocenters. The molecular formula is C31H30ClN3O5. The van der Waals surface area contributed by atoms with Gasteiger partial charge in [-0.05, 0) is 67.4 Å². The maximum absolute atomic E-state index is 13.4. The van der Waals surface area contributed by atoms with E-state index < -0.39 is 12.0 Å². The minimum Gasteiger partial charge on any atom is -0.493 e. The first-order valence-electron chi connectivity index (χ1n) is 13.2. The maximum atomic E-state index is 13.4. The molecule has 1 aromatic heterocycles. The molecule has 206 valence electrons. The van der Waals surface area contributed by atoms with Crippen molar-refractivity contribution in [2.45, 2.75) is 38.3 Å². The van der Waals surface area contributed by atoms with Crippen molar-refractivity contribution >= 4 is 23.5 Å². The number of carboxylic acid groups (broad SMARTS) is 1. The average Bonchev–Trinajstić information content (AvgIpc) is 3.59. The molecule has 2 heterocycles. The van der Waals surface area contributed by atoms with Crippen molar-refractivity contribution in [2.24, 2.45) is 0 Å². The first-order chi connectivity index (χ1) is 19.4. The number of halogens is 1. The van der Waals surface area contributed by atoms with Crippen molar-refractivity contribution in [2.75, 3.05) is 13.2 Å². The quantitative estimate of drug-likeness (QED) is 0.239. The Bertz CT molecular complexity index is 1500. The number of aromatic nitrogens is 1. The van der Waals surface area contributed by atoms with Gasteiger partial charge in [0.25, 0.3) is 5.91 Å². The molecule has 1 unspecified atom stereocenters. The molecule has 0 aliphatic carbocycles. The normalized spacial score (nSPS) is 16.6. The van der Waals surface area contributed by atoms with Gasteiger partial charge >= 0.3 is 5.97 Å². The number of nitrogens with one attached hydrogen (secondary N) is 2. The van der Waals surface area contributed by atoms with Gasteiger partial charge < -0.3 is 24.9 Å². The average molecular weight is 560 g/mol. The van der Waals surface area contributed by atoms with Crippen molar-refractivity contribution in [1.29, 1.82) is 0 Å². The van der Waals surface area contributed by atoms with E-state index >= 15 is 0 Å². The molecule has 0 bridgehead atoms. The predicted molar refractivity (Wildman–Crippen MR) is 152 cm³/mol. The number of aryl methyl sites for hydroxylation is 1. The van der Waals surface area contributed by atoms with Gasteiger partial charge in [0, 0.05) is 35.0 Å². The second kappa shape index (κ2) is 12.4. The van der Waals surface area contributed by atoms with Gasteiger partial charge in [-0.25, -0.2) is 4.98 Å². The molecule has 1 aliphatic heterocycles. The number of hydrogen-bond donors (Lipinski definition) is 3. The third-order valence-electron chi connectivity index (χ3n) is 7.02. The van der Waals surface area contributed by atoms with E-state index in [1.54, 1.807) is 30.3 Å². The Morgan fingerprint density at radius 3 is 2.73 bits per heavy atom. The van der Waals surface area contributed by atoms with Crippen LogP contribution in [0.1, 0.15) is 45.3 Å². The Morgan fingerprint density at radius 2 is 1.95 bits per heavy atom. The lowest BCUT2D eigenvalue weighted by Crippen LogP contribution is -2.35. The number of nitrogens with zero attached hydrogens (tertiary/aromatic N) is 1. The minimum absolute atomic E-state index is 0.282. The highest BCUT2D eigenvalue weighted by atomic mass is 35.5. The topological polar surface area (TPSA) is 114 Å². The Labute approximate surface area is 237 Å². The number of oxazole rings is 1. The largest absolute Gasteiger partial charge is 0.493 e. The van der Waals surface area contributed by atoms with Crippen molar-refractivity contribution in [1.82, 2.24) is 15.6 Å². The van der Waals surface area contributed by atoms with Crippen LogP contribution in [0, 0.1) is 6.92 Å². The van der Waals surface area contributed by atoms with Crippen LogP contribution in [0.4, 0.5) is 0 Å². The minimum atomic E-state index is -0.939. The van der Waals surface area contributed by atoms with E-state index in [0.29, 0.717) is 53.8 Å². The molecule has 0 radical (unpaired) electrons. The number of aliphatic carboxylic acids is 1. The number of hydrogen-bond acceptors (Lipinski definition) is 6. The molecule has 3 aromatic carbocycles. The Morgan fingerprint density at radius 1 is 1.12 bits per heavy atom. The van der Waals surface area contributed by atoms with Crippen LogP contribution in [0.15, 0.2) is 77.2 Å². The van der Waals surface area contributed by atoms with E-state index in [1.807, 2.05) is 49.4 Å². The van der Waals surface area contributed by atoms with Gasteiger partial charge in [0.1, 0.15) is 17.6 Å². The van der Waals surface area contributed by atoms with Crippen LogP contribution in [0.3, 0.4) is 0 Å². The summed E-state index contributed by atoms with van der Waals surface area (Å²) in [4.78, 5) is 29.9. The van der Waals surface area contributed by atoms with Gasteiger partial charge in [-0.2, -0.15) is 0 Å². The molecule has 1 fully saturated rings. The molecule has 0 spiro atoms. The molecule has 4 aromatic rings. The first kappa shape index (κ1) is 27.4. The van der Waals surface area contributed by atoms with Crippen LogP contribution in [0.25, 0.3) is 11.5 Å². The highest BCUT2D eigenvalue weighted by Gasteiger charge is 2.36. The molecule has 5 rings (SSSR count). The summed E-state index contributed by atoms with van der Waals surface area (Å²) in [5.41, 5.74) is 3.63. The lowest BCUT2D eigenvalue weighted by Gasteiger charge is -2.20. The monoisotopic (exact) mass is 559 g/mol. The fraction of sp³-hybridized carbons (Fsp3) is 0.258. The zero-order valence-electron chi connectivity index (χ0n) is 22.0. The molecule has 1 aliphatic rings. The van der Waals surface area contributed by atoms with E-state index in [-0.39, 0.29) is 18.4 Å². The fourth-order valence-corrected chi connectivity index (χ4v) is 5.21. The summed E-state index contributed by atoms with van der Waals surface area (Å²) in [6.07, 6.45) is 1.13. The first-order valence-corrected chi connectivity index (χ1v) is 13.5. The van der Waals surface area contributed by atoms with Gasteiger partial charge in [-0.3, -0.25) is 9.59 Å². The Hall–Kier alpha value is -4.14. The highest BCUT2D eigenvalue weighted by molar-refractivity contribution is 6.30. The molecule has 0 saturated carbocycles. The third kappa shape index (κ3) is 6.35. The second-order valence-corrected chi connectivity index (χ2v) is 10.1. The number of carbonyl (C=O) groups is 2. The predicted octanol–water partition coefficient (Wildman–Crippen LogP) is 5.39. The SMILES string of the molecule is Cc1oc(-c2ccccc2)nc1CCOc1ccc(C2CCN[C@@H]2C(=O)O)c(C(=O)NCc2cccc(Cl)c2)c1. The molecule has 1 saturated heterocycles. The smallest absolute Gasteiger partial charge is 0.321 e. The Kier molecular flexibility index (Phi) is 8.48. The number of ether oxygens (including phenoxy) is 1. The van der Waals surface area contributed by atoms with E-state index in [1.165, 1.54) is 0 Å². The zero-order chi connectivity index (χ0) is 28.1. The summed E-state index contributed by atoms with van der Waals surface area (Å²) in [6, 6.07) is 21.5. The molecular weight excluding hydrogens is 530 g/mol. The number of amides is 1. The number of rotatable bonds is 10. The second-order valence-electron chi connectivity index (χ2n) is 9.71. The standard InChI is InChI=1S/C31H30ClN3O5/c1-19-27(35-30(40-19)21-7-3-2-4-8-21)13-15-39-23-10-11-24(25-12-14-33-28(25)31(37)38)26(17-23)29(36)34-18-20-6-5-9-22(32)16-20/h2-11,16-17,25,28,33H,12-15,18H2,1H3,(H,34,36)(H,37,38)/t25?,28-/m0/s1. The molecule has 40 heavy (non-hydrogen) atoms. The summed E-state index contributed by atoms with van der Waals surface area (Å²) in [5.74, 6) is 0.218. The lowest BCUT2D eigenvalue weighted by molar-refractivity contribution is -0.139. The van der Waals surface area contributed by atoms with Crippen LogP contribution >= 0.6 is 11.6 Å². The summed E-state index contributed by atoms with van der Waals surface area (Å²) >= 11 is 6.09. The van der Waals surface area contributed by atoms with Gasteiger partial charge in [0.15, 0.2) is 0 Å². The maximum Gasteiger partial charge on any atom is 0.321 e. The number of benzene rings is 3. The van der Waals surface area contributed by atoms with Crippen LogP contribution in [0.2, 0.25) is 5.02 Å². The van der Waals surface area contributed by atoms with Crippen molar-refractivity contribution in [3.8, 4) is 17.2 Å². The van der Waals surface area contributed by atoms with Gasteiger partial charge in [0.2, 0.25) is 5.89 Å². The number of carboxylic acids is 1. The lowest BCUT2D eigenvalue weighted by atomic mass is 9.88. The van der Waals surface area contributed by atoms with Crippen molar-refractivity contribution in [3.63, 3.8) is 0 Å². The van der Waals surface area contributed by atoms with Crippen LogP contribution < -0.4 is 15.4 Å². The third-order valence-corrected chi connectivity index (χ3v) is 7.26. The summed E-state index contributed by atoms with van der Waals surface area (Å²) in [7, 11) is 0. The van der Waals surface area contributed by atoms with E-state index in [0.717, 1.165) is 22.6 Å². The van der Waals surface area contributed by atoms with E-state index in [9.17, 15) is 14.7 Å². The van der Waals surface area contributed by atoms with Crippen molar-refractivity contribution in [3.05, 3.63) is 106 Å². The van der Waals surface area contributed by atoms with Gasteiger partial charge in [0.05, 0.1) is 12.3 Å². The van der Waals surface area contributed by atoms with E-state index in [4.69, 9.17) is 20.8 Å². The van der Waals surface area contributed by atoms with E-state index in [2.05, 4.69) is 15.6 Å². The molecule has 3 N–H and O–H groups in total. The van der Waals surface area contributed by atoms with Gasteiger partial charge in [-0.1, -0.05) is 48.0 Å². The fourth-order valence-electron chi connectivity index (χ4n) is 5.00. The molecule has 8 nitrogen and oxygen atoms in total. The highest BCUT2D eigenvalue weighted by Crippen LogP contribution is 2.33.